The first-order valence-electron chi connectivity index (χ1n) is 8.51. The molecule has 1 amide bonds. The topological polar surface area (TPSA) is 59.2 Å². The minimum Gasteiger partial charge on any atom is -0.397 e. The van der Waals surface area contributed by atoms with Crippen LogP contribution in [0.25, 0.3) is 21.5 Å². The van der Waals surface area contributed by atoms with Crippen molar-refractivity contribution in [1.82, 2.24) is 9.88 Å². The van der Waals surface area contributed by atoms with Crippen molar-refractivity contribution in [3.05, 3.63) is 46.8 Å². The molecule has 1 saturated heterocycles. The number of rotatable bonds is 2. The van der Waals surface area contributed by atoms with Crippen molar-refractivity contribution in [3.63, 3.8) is 0 Å². The quantitative estimate of drug-likeness (QED) is 0.683. The van der Waals surface area contributed by atoms with E-state index in [0.29, 0.717) is 18.7 Å². The fourth-order valence-corrected chi connectivity index (χ4v) is 4.41. The predicted molar refractivity (Wildman–Crippen MR) is 99.6 cm³/mol. The predicted octanol–water partition coefficient (Wildman–Crippen LogP) is 4.80. The first-order chi connectivity index (χ1) is 12.9. The smallest absolute Gasteiger partial charge is 0.397 e. The minimum atomic E-state index is -4.60. The molecule has 3 aromatic rings. The molecule has 0 radical (unpaired) electrons. The Kier molecular flexibility index (Phi) is 4.30. The number of likely N-dealkylation sites (tertiary alicyclic amines) is 1. The molecule has 2 aromatic heterocycles. The maximum absolute atomic E-state index is 13.7. The van der Waals surface area contributed by atoms with Crippen molar-refractivity contribution in [2.45, 2.75) is 19.0 Å². The lowest BCUT2D eigenvalue weighted by atomic mass is 10.1. The summed E-state index contributed by atoms with van der Waals surface area (Å²) in [7, 11) is 0. The zero-order chi connectivity index (χ0) is 19.2. The molecule has 1 fully saturated rings. The standard InChI is InChI=1S/C19H16F3N3OS/c20-19(21,22)12-10-13(11-6-2-1-3-7-11)24-17-14(12)15(23)16(27-17)18(26)25-8-4-5-9-25/h1-3,6-7,10H,4-5,8-9,23H2. The van der Waals surface area contributed by atoms with Gasteiger partial charge in [0.1, 0.15) is 9.71 Å². The average molecular weight is 391 g/mol. The van der Waals surface area contributed by atoms with E-state index in [1.165, 1.54) is 0 Å². The second kappa shape index (κ2) is 6.53. The maximum Gasteiger partial charge on any atom is 0.417 e. The van der Waals surface area contributed by atoms with E-state index in [0.717, 1.165) is 30.2 Å². The number of halogens is 3. The number of benzene rings is 1. The Bertz CT molecular complexity index is 1010. The monoisotopic (exact) mass is 391 g/mol. The number of amides is 1. The molecule has 1 aliphatic heterocycles. The first-order valence-corrected chi connectivity index (χ1v) is 9.33. The third-order valence-corrected chi connectivity index (χ3v) is 5.75. The van der Waals surface area contributed by atoms with Crippen LogP contribution in [0.3, 0.4) is 0 Å². The Balaban J connectivity index is 1.92. The van der Waals surface area contributed by atoms with E-state index in [1.54, 1.807) is 35.2 Å². The van der Waals surface area contributed by atoms with Crippen molar-refractivity contribution in [2.75, 3.05) is 18.8 Å². The zero-order valence-electron chi connectivity index (χ0n) is 14.2. The number of carbonyl (C=O) groups is 1. The number of fused-ring (bicyclic) bond motifs is 1. The SMILES string of the molecule is Nc1c(C(=O)N2CCCC2)sc2nc(-c3ccccc3)cc(C(F)(F)F)c12. The molecule has 2 N–H and O–H groups in total. The van der Waals surface area contributed by atoms with Gasteiger partial charge in [0, 0.05) is 24.0 Å². The van der Waals surface area contributed by atoms with Gasteiger partial charge in [0.2, 0.25) is 0 Å². The normalized spacial score (nSPS) is 14.9. The highest BCUT2D eigenvalue weighted by molar-refractivity contribution is 7.21. The van der Waals surface area contributed by atoms with Gasteiger partial charge in [-0.3, -0.25) is 4.79 Å². The van der Waals surface area contributed by atoms with Gasteiger partial charge >= 0.3 is 6.18 Å². The number of anilines is 1. The Labute approximate surface area is 157 Å². The highest BCUT2D eigenvalue weighted by Gasteiger charge is 2.37. The molecule has 1 aliphatic rings. The zero-order valence-corrected chi connectivity index (χ0v) is 15.0. The Morgan fingerprint density at radius 2 is 1.81 bits per heavy atom. The largest absolute Gasteiger partial charge is 0.417 e. The third kappa shape index (κ3) is 3.14. The van der Waals surface area contributed by atoms with Gasteiger partial charge in [-0.05, 0) is 18.9 Å². The van der Waals surface area contributed by atoms with E-state index in [2.05, 4.69) is 4.98 Å². The number of nitrogen functional groups attached to an aromatic ring is 1. The minimum absolute atomic E-state index is 0.128. The molecule has 4 rings (SSSR count). The number of pyridine rings is 1. The molecule has 4 nitrogen and oxygen atoms in total. The van der Waals surface area contributed by atoms with Crippen LogP contribution in [0.5, 0.6) is 0 Å². The number of alkyl halides is 3. The van der Waals surface area contributed by atoms with E-state index in [-0.39, 0.29) is 32.4 Å². The molecule has 0 unspecified atom stereocenters. The molecule has 0 bridgehead atoms. The number of nitrogens with two attached hydrogens (primary N) is 1. The Hall–Kier alpha value is -2.61. The van der Waals surface area contributed by atoms with Crippen molar-refractivity contribution in [3.8, 4) is 11.3 Å². The summed E-state index contributed by atoms with van der Waals surface area (Å²) >= 11 is 0.931. The van der Waals surface area contributed by atoms with Crippen LogP contribution in [0.15, 0.2) is 36.4 Å². The lowest BCUT2D eigenvalue weighted by molar-refractivity contribution is -0.136. The maximum atomic E-state index is 13.7. The van der Waals surface area contributed by atoms with Gasteiger partial charge in [-0.1, -0.05) is 30.3 Å². The summed E-state index contributed by atoms with van der Waals surface area (Å²) in [5.74, 6) is -0.317. The lowest BCUT2D eigenvalue weighted by Gasteiger charge is -2.14. The van der Waals surface area contributed by atoms with Gasteiger partial charge in [-0.15, -0.1) is 11.3 Å². The summed E-state index contributed by atoms with van der Waals surface area (Å²) < 4.78 is 41.2. The molecule has 27 heavy (non-hydrogen) atoms. The first kappa shape index (κ1) is 17.8. The fraction of sp³-hybridized carbons (Fsp3) is 0.263. The van der Waals surface area contributed by atoms with E-state index in [9.17, 15) is 18.0 Å². The second-order valence-corrected chi connectivity index (χ2v) is 7.44. The molecule has 0 saturated carbocycles. The molecule has 0 atom stereocenters. The molecule has 0 spiro atoms. The van der Waals surface area contributed by atoms with Gasteiger partial charge in [0.25, 0.3) is 5.91 Å². The Morgan fingerprint density at radius 1 is 1.15 bits per heavy atom. The number of nitrogens with zero attached hydrogens (tertiary/aromatic N) is 2. The van der Waals surface area contributed by atoms with Crippen molar-refractivity contribution < 1.29 is 18.0 Å². The summed E-state index contributed by atoms with van der Waals surface area (Å²) in [5, 5.41) is -0.185. The van der Waals surface area contributed by atoms with E-state index >= 15 is 0 Å². The van der Waals surface area contributed by atoms with Gasteiger partial charge in [0.15, 0.2) is 0 Å². The van der Waals surface area contributed by atoms with Crippen LogP contribution in [0.1, 0.15) is 28.1 Å². The summed E-state index contributed by atoms with van der Waals surface area (Å²) in [6.45, 7) is 1.20. The summed E-state index contributed by atoms with van der Waals surface area (Å²) in [5.41, 5.74) is 5.80. The third-order valence-electron chi connectivity index (χ3n) is 4.66. The molecule has 0 aliphatic carbocycles. The summed E-state index contributed by atoms with van der Waals surface area (Å²) in [6.07, 6.45) is -2.82. The van der Waals surface area contributed by atoms with Gasteiger partial charge in [0.05, 0.1) is 16.9 Å². The van der Waals surface area contributed by atoms with E-state index < -0.39 is 11.7 Å². The molecule has 8 heteroatoms. The number of hydrogen-bond donors (Lipinski definition) is 1. The highest BCUT2D eigenvalue weighted by atomic mass is 32.1. The van der Waals surface area contributed by atoms with E-state index in [4.69, 9.17) is 5.73 Å². The second-order valence-electron chi connectivity index (χ2n) is 6.44. The van der Waals surface area contributed by atoms with Gasteiger partial charge in [-0.2, -0.15) is 13.2 Å². The fourth-order valence-electron chi connectivity index (χ4n) is 3.32. The number of thiophene rings is 1. The van der Waals surface area contributed by atoms with Crippen molar-refractivity contribution in [1.29, 1.82) is 0 Å². The molecule has 1 aromatic carbocycles. The van der Waals surface area contributed by atoms with Crippen LogP contribution in [0.4, 0.5) is 18.9 Å². The van der Waals surface area contributed by atoms with Crippen LogP contribution in [-0.2, 0) is 6.18 Å². The van der Waals surface area contributed by atoms with Gasteiger partial charge in [-0.25, -0.2) is 4.98 Å². The summed E-state index contributed by atoms with van der Waals surface area (Å²) in [6, 6.07) is 9.65. The van der Waals surface area contributed by atoms with Crippen molar-refractivity contribution >= 4 is 33.1 Å². The number of carbonyl (C=O) groups excluding carboxylic acids is 1. The van der Waals surface area contributed by atoms with Crippen molar-refractivity contribution in [2.24, 2.45) is 0 Å². The van der Waals surface area contributed by atoms with E-state index in [1.807, 2.05) is 0 Å². The average Bonchev–Trinajstić information content (AvgIpc) is 3.29. The van der Waals surface area contributed by atoms with Crippen LogP contribution in [0.2, 0.25) is 0 Å². The van der Waals surface area contributed by atoms with Crippen LogP contribution in [-0.4, -0.2) is 28.9 Å². The summed E-state index contributed by atoms with van der Waals surface area (Å²) in [4.78, 5) is 19.0. The molecule has 3 heterocycles. The lowest BCUT2D eigenvalue weighted by Crippen LogP contribution is -2.27. The number of aromatic nitrogens is 1. The highest BCUT2D eigenvalue weighted by Crippen LogP contribution is 2.43. The number of hydrogen-bond acceptors (Lipinski definition) is 4. The van der Waals surface area contributed by atoms with Crippen LogP contribution in [0, 0.1) is 0 Å². The molecular formula is C19H16F3N3OS. The molecular weight excluding hydrogens is 375 g/mol. The van der Waals surface area contributed by atoms with Crippen LogP contribution < -0.4 is 5.73 Å². The van der Waals surface area contributed by atoms with Gasteiger partial charge < -0.3 is 10.6 Å². The van der Waals surface area contributed by atoms with Crippen LogP contribution >= 0.6 is 11.3 Å². The Morgan fingerprint density at radius 3 is 2.44 bits per heavy atom. The molecule has 140 valence electrons.